The average molecular weight is 358 g/mol. The van der Waals surface area contributed by atoms with E-state index in [2.05, 4.69) is 39.7 Å². The standard InChI is InChI=1S/C20H30N4O2/c1-5-21-20(23-12-19-24-16(3)17(4)26-19)22-11-15(2)13-25-14-18-9-7-6-8-10-18/h6-10,15H,5,11-14H2,1-4H3,(H2,21,22,23). The molecule has 2 aromatic rings. The first-order chi connectivity index (χ1) is 12.6. The van der Waals surface area contributed by atoms with Gasteiger partial charge in [-0.15, -0.1) is 0 Å². The van der Waals surface area contributed by atoms with Crippen molar-refractivity contribution >= 4 is 5.96 Å². The predicted octanol–water partition coefficient (Wildman–Crippen LogP) is 3.20. The second kappa shape index (κ2) is 10.6. The third-order valence-electron chi connectivity index (χ3n) is 3.92. The van der Waals surface area contributed by atoms with Crippen LogP contribution in [0.2, 0.25) is 0 Å². The highest BCUT2D eigenvalue weighted by Crippen LogP contribution is 2.09. The molecule has 0 radical (unpaired) electrons. The molecule has 0 saturated carbocycles. The smallest absolute Gasteiger partial charge is 0.216 e. The average Bonchev–Trinajstić information content (AvgIpc) is 2.96. The summed E-state index contributed by atoms with van der Waals surface area (Å²) >= 11 is 0. The van der Waals surface area contributed by atoms with Gasteiger partial charge < -0.3 is 19.8 Å². The van der Waals surface area contributed by atoms with E-state index in [0.29, 0.717) is 31.6 Å². The number of aromatic nitrogens is 1. The summed E-state index contributed by atoms with van der Waals surface area (Å²) < 4.78 is 11.4. The van der Waals surface area contributed by atoms with E-state index in [-0.39, 0.29) is 0 Å². The zero-order chi connectivity index (χ0) is 18.8. The van der Waals surface area contributed by atoms with Gasteiger partial charge in [0, 0.05) is 13.1 Å². The Morgan fingerprint density at radius 3 is 2.65 bits per heavy atom. The number of guanidine groups is 1. The number of hydrogen-bond donors (Lipinski definition) is 2. The molecule has 0 amide bonds. The molecule has 1 aromatic carbocycles. The van der Waals surface area contributed by atoms with Gasteiger partial charge in [-0.25, -0.2) is 9.98 Å². The van der Waals surface area contributed by atoms with E-state index >= 15 is 0 Å². The van der Waals surface area contributed by atoms with Crippen LogP contribution in [0.5, 0.6) is 0 Å². The first-order valence-electron chi connectivity index (χ1n) is 9.15. The van der Waals surface area contributed by atoms with Gasteiger partial charge in [0.15, 0.2) is 5.96 Å². The summed E-state index contributed by atoms with van der Waals surface area (Å²) in [6.07, 6.45) is 0. The molecule has 0 fully saturated rings. The van der Waals surface area contributed by atoms with Crippen molar-refractivity contribution < 1.29 is 9.15 Å². The summed E-state index contributed by atoms with van der Waals surface area (Å²) in [4.78, 5) is 8.89. The lowest BCUT2D eigenvalue weighted by atomic mass is 10.2. The monoisotopic (exact) mass is 358 g/mol. The summed E-state index contributed by atoms with van der Waals surface area (Å²) in [5.74, 6) is 2.61. The molecular weight excluding hydrogens is 328 g/mol. The maximum atomic E-state index is 5.79. The van der Waals surface area contributed by atoms with Gasteiger partial charge >= 0.3 is 0 Å². The molecule has 1 aromatic heterocycles. The molecule has 142 valence electrons. The Morgan fingerprint density at radius 2 is 2.00 bits per heavy atom. The van der Waals surface area contributed by atoms with Crippen LogP contribution in [0, 0.1) is 19.8 Å². The molecule has 1 atom stereocenters. The topological polar surface area (TPSA) is 71.7 Å². The zero-order valence-electron chi connectivity index (χ0n) is 16.2. The van der Waals surface area contributed by atoms with Crippen molar-refractivity contribution in [1.82, 2.24) is 15.6 Å². The number of oxazole rings is 1. The molecular formula is C20H30N4O2. The Hall–Kier alpha value is -2.34. The van der Waals surface area contributed by atoms with Crippen molar-refractivity contribution in [2.45, 2.75) is 40.8 Å². The summed E-state index contributed by atoms with van der Waals surface area (Å²) in [6.45, 7) is 11.4. The Bertz CT molecular complexity index is 663. The Balaban J connectivity index is 1.74. The van der Waals surface area contributed by atoms with Crippen LogP contribution >= 0.6 is 0 Å². The van der Waals surface area contributed by atoms with Gasteiger partial charge in [0.05, 0.1) is 18.9 Å². The van der Waals surface area contributed by atoms with Crippen molar-refractivity contribution in [2.75, 3.05) is 19.7 Å². The van der Waals surface area contributed by atoms with Crippen LogP contribution in [0.15, 0.2) is 39.7 Å². The van der Waals surface area contributed by atoms with Crippen LogP contribution in [0.4, 0.5) is 0 Å². The van der Waals surface area contributed by atoms with Gasteiger partial charge in [0.25, 0.3) is 0 Å². The van der Waals surface area contributed by atoms with E-state index in [9.17, 15) is 0 Å². The normalized spacial score (nSPS) is 12.8. The third kappa shape index (κ3) is 6.88. The number of nitrogens with one attached hydrogen (secondary N) is 2. The number of aliphatic imine (C=N–C) groups is 1. The van der Waals surface area contributed by atoms with Crippen molar-refractivity contribution in [3.63, 3.8) is 0 Å². The van der Waals surface area contributed by atoms with Gasteiger partial charge in [0.2, 0.25) is 5.89 Å². The van der Waals surface area contributed by atoms with Crippen LogP contribution in [0.1, 0.15) is 36.8 Å². The van der Waals surface area contributed by atoms with E-state index in [4.69, 9.17) is 9.15 Å². The van der Waals surface area contributed by atoms with E-state index in [1.165, 1.54) is 5.56 Å². The molecule has 0 bridgehead atoms. The van der Waals surface area contributed by atoms with E-state index < -0.39 is 0 Å². The summed E-state index contributed by atoms with van der Waals surface area (Å²) in [7, 11) is 0. The minimum Gasteiger partial charge on any atom is -0.444 e. The number of nitrogens with zero attached hydrogens (tertiary/aromatic N) is 2. The molecule has 0 aliphatic heterocycles. The molecule has 0 saturated heterocycles. The summed E-state index contributed by atoms with van der Waals surface area (Å²) in [5.41, 5.74) is 2.11. The van der Waals surface area contributed by atoms with Crippen LogP contribution in [0.25, 0.3) is 0 Å². The molecule has 1 unspecified atom stereocenters. The molecule has 2 N–H and O–H groups in total. The quantitative estimate of drug-likeness (QED) is 0.532. The number of aryl methyl sites for hydroxylation is 2. The van der Waals surface area contributed by atoms with Gasteiger partial charge in [-0.2, -0.15) is 0 Å². The number of ether oxygens (including phenoxy) is 1. The van der Waals surface area contributed by atoms with Gasteiger partial charge in [-0.05, 0) is 32.3 Å². The molecule has 0 aliphatic carbocycles. The van der Waals surface area contributed by atoms with E-state index in [1.54, 1.807) is 0 Å². The van der Waals surface area contributed by atoms with E-state index in [0.717, 1.165) is 30.5 Å². The van der Waals surface area contributed by atoms with Crippen LogP contribution in [-0.2, 0) is 17.9 Å². The van der Waals surface area contributed by atoms with Crippen molar-refractivity contribution in [2.24, 2.45) is 10.9 Å². The Labute approximate surface area is 156 Å². The molecule has 1 heterocycles. The van der Waals surface area contributed by atoms with Crippen LogP contribution in [0.3, 0.4) is 0 Å². The summed E-state index contributed by atoms with van der Waals surface area (Å²) in [6, 6.07) is 10.2. The second-order valence-electron chi connectivity index (χ2n) is 6.43. The fraction of sp³-hybridized carbons (Fsp3) is 0.500. The molecule has 6 heteroatoms. The van der Waals surface area contributed by atoms with E-state index in [1.807, 2.05) is 39.0 Å². The molecule has 2 rings (SSSR count). The fourth-order valence-corrected chi connectivity index (χ4v) is 2.38. The number of rotatable bonds is 9. The maximum absolute atomic E-state index is 5.79. The lowest BCUT2D eigenvalue weighted by Gasteiger charge is -2.16. The SMILES string of the molecule is CCNC(=NCc1nc(C)c(C)o1)NCC(C)COCc1ccccc1. The first-order valence-corrected chi connectivity index (χ1v) is 9.15. The molecule has 26 heavy (non-hydrogen) atoms. The largest absolute Gasteiger partial charge is 0.444 e. The minimum absolute atomic E-state index is 0.369. The van der Waals surface area contributed by atoms with Crippen molar-refractivity contribution in [1.29, 1.82) is 0 Å². The third-order valence-corrected chi connectivity index (χ3v) is 3.92. The highest BCUT2D eigenvalue weighted by atomic mass is 16.5. The van der Waals surface area contributed by atoms with Crippen molar-refractivity contribution in [3.8, 4) is 0 Å². The fourth-order valence-electron chi connectivity index (χ4n) is 2.38. The molecule has 0 spiro atoms. The van der Waals surface area contributed by atoms with Gasteiger partial charge in [-0.1, -0.05) is 37.3 Å². The lowest BCUT2D eigenvalue weighted by molar-refractivity contribution is 0.0931. The zero-order valence-corrected chi connectivity index (χ0v) is 16.2. The van der Waals surface area contributed by atoms with Gasteiger partial charge in [0.1, 0.15) is 12.3 Å². The highest BCUT2D eigenvalue weighted by molar-refractivity contribution is 5.79. The number of hydrogen-bond acceptors (Lipinski definition) is 4. The molecule has 0 aliphatic rings. The highest BCUT2D eigenvalue weighted by Gasteiger charge is 2.07. The maximum Gasteiger partial charge on any atom is 0.216 e. The van der Waals surface area contributed by atoms with Gasteiger partial charge in [-0.3, -0.25) is 0 Å². The van der Waals surface area contributed by atoms with Crippen LogP contribution < -0.4 is 10.6 Å². The lowest BCUT2D eigenvalue weighted by Crippen LogP contribution is -2.40. The molecule has 6 nitrogen and oxygen atoms in total. The first kappa shape index (κ1) is 20.0. The Morgan fingerprint density at radius 1 is 1.23 bits per heavy atom. The van der Waals surface area contributed by atoms with Crippen molar-refractivity contribution in [3.05, 3.63) is 53.2 Å². The van der Waals surface area contributed by atoms with Crippen LogP contribution in [-0.4, -0.2) is 30.6 Å². The summed E-state index contributed by atoms with van der Waals surface area (Å²) in [5, 5.41) is 6.59. The minimum atomic E-state index is 0.369. The number of benzene rings is 1. The Kier molecular flexibility index (Phi) is 8.15. The predicted molar refractivity (Wildman–Crippen MR) is 104 cm³/mol. The second-order valence-corrected chi connectivity index (χ2v) is 6.43.